The molecule has 0 fully saturated rings. The normalized spacial score (nSPS) is 7.69. The SMILES string of the molecule is Cl.Cl.O.c1ccc2ncncc2c1. The zero-order valence-electron chi connectivity index (χ0n) is 6.68. The molecule has 1 aromatic heterocycles. The molecule has 0 radical (unpaired) electrons. The van der Waals surface area contributed by atoms with Crippen LogP contribution in [0.1, 0.15) is 0 Å². The molecule has 2 N–H and O–H groups in total. The summed E-state index contributed by atoms with van der Waals surface area (Å²) in [5, 5.41) is 1.09. The lowest BCUT2D eigenvalue weighted by Crippen LogP contribution is -1.77. The van der Waals surface area contributed by atoms with E-state index >= 15 is 0 Å². The van der Waals surface area contributed by atoms with Crippen LogP contribution in [0.25, 0.3) is 10.9 Å². The van der Waals surface area contributed by atoms with E-state index in [-0.39, 0.29) is 30.3 Å². The molecule has 3 nitrogen and oxygen atoms in total. The van der Waals surface area contributed by atoms with Gasteiger partial charge in [0.25, 0.3) is 0 Å². The molecular weight excluding hydrogens is 211 g/mol. The minimum atomic E-state index is 0. The Hall–Kier alpha value is -0.900. The fraction of sp³-hybridized carbons (Fsp3) is 0. The molecule has 0 bridgehead atoms. The molecular formula is C8H10Cl2N2O. The van der Waals surface area contributed by atoms with Gasteiger partial charge in [0, 0.05) is 11.6 Å². The van der Waals surface area contributed by atoms with E-state index in [4.69, 9.17) is 0 Å². The summed E-state index contributed by atoms with van der Waals surface area (Å²) in [5.74, 6) is 0. The van der Waals surface area contributed by atoms with Crippen LogP contribution in [0.3, 0.4) is 0 Å². The van der Waals surface area contributed by atoms with Gasteiger partial charge in [-0.15, -0.1) is 24.8 Å². The van der Waals surface area contributed by atoms with Gasteiger partial charge in [-0.1, -0.05) is 18.2 Å². The molecule has 2 aromatic rings. The first-order valence-electron chi connectivity index (χ1n) is 3.11. The molecule has 0 aliphatic carbocycles. The van der Waals surface area contributed by atoms with Crippen molar-refractivity contribution in [3.8, 4) is 0 Å². The predicted molar refractivity (Wildman–Crippen MR) is 57.6 cm³/mol. The smallest absolute Gasteiger partial charge is 0.116 e. The summed E-state index contributed by atoms with van der Waals surface area (Å²) in [7, 11) is 0. The lowest BCUT2D eigenvalue weighted by atomic mass is 10.2. The number of rotatable bonds is 0. The maximum absolute atomic E-state index is 4.07. The van der Waals surface area contributed by atoms with Crippen molar-refractivity contribution in [2.75, 3.05) is 0 Å². The second-order valence-electron chi connectivity index (χ2n) is 2.08. The van der Waals surface area contributed by atoms with Gasteiger partial charge in [-0.2, -0.15) is 0 Å². The first-order chi connectivity index (χ1) is 4.97. The predicted octanol–water partition coefficient (Wildman–Crippen LogP) is 1.65. The van der Waals surface area contributed by atoms with Gasteiger partial charge in [0.15, 0.2) is 0 Å². The first-order valence-corrected chi connectivity index (χ1v) is 3.11. The first kappa shape index (κ1) is 14.6. The molecule has 5 heteroatoms. The molecule has 0 aliphatic rings. The number of aromatic nitrogens is 2. The second-order valence-corrected chi connectivity index (χ2v) is 2.08. The van der Waals surface area contributed by atoms with Crippen LogP contribution in [0.4, 0.5) is 0 Å². The molecule has 1 aromatic carbocycles. The third-order valence-corrected chi connectivity index (χ3v) is 1.41. The summed E-state index contributed by atoms with van der Waals surface area (Å²) < 4.78 is 0. The van der Waals surface area contributed by atoms with Crippen molar-refractivity contribution < 1.29 is 5.48 Å². The Bertz CT molecular complexity index is 291. The summed E-state index contributed by atoms with van der Waals surface area (Å²) in [5.41, 5.74) is 0.998. The molecule has 1 heterocycles. The second kappa shape index (κ2) is 6.60. The highest BCUT2D eigenvalue weighted by Gasteiger charge is 1.87. The Kier molecular flexibility index (Phi) is 7.42. The van der Waals surface area contributed by atoms with Crippen LogP contribution in [0.15, 0.2) is 36.8 Å². The lowest BCUT2D eigenvalue weighted by Gasteiger charge is -1.90. The highest BCUT2D eigenvalue weighted by molar-refractivity contribution is 5.85. The standard InChI is InChI=1S/C8H6N2.2ClH.H2O/c1-2-4-8-7(3-1)5-9-6-10-8;;;/h1-6H;2*1H;1H2. The van der Waals surface area contributed by atoms with Crippen molar-refractivity contribution >= 4 is 35.7 Å². The van der Waals surface area contributed by atoms with E-state index < -0.39 is 0 Å². The molecule has 72 valence electrons. The number of para-hydroxylation sites is 1. The number of hydrogen-bond acceptors (Lipinski definition) is 2. The van der Waals surface area contributed by atoms with E-state index in [0.717, 1.165) is 10.9 Å². The van der Waals surface area contributed by atoms with E-state index in [1.165, 1.54) is 0 Å². The third kappa shape index (κ3) is 3.14. The Balaban J connectivity index is 0. The third-order valence-electron chi connectivity index (χ3n) is 1.41. The van der Waals surface area contributed by atoms with Crippen molar-refractivity contribution in [3.05, 3.63) is 36.8 Å². The molecule has 0 unspecified atom stereocenters. The largest absolute Gasteiger partial charge is 0.412 e. The maximum Gasteiger partial charge on any atom is 0.116 e. The van der Waals surface area contributed by atoms with Crippen LogP contribution < -0.4 is 0 Å². The Morgan fingerprint density at radius 3 is 2.38 bits per heavy atom. The minimum absolute atomic E-state index is 0. The van der Waals surface area contributed by atoms with Gasteiger partial charge in [0.05, 0.1) is 5.52 Å². The van der Waals surface area contributed by atoms with Crippen LogP contribution in [0.2, 0.25) is 0 Å². The lowest BCUT2D eigenvalue weighted by molar-refractivity contribution is 0.824. The van der Waals surface area contributed by atoms with Crippen LogP contribution in [0.5, 0.6) is 0 Å². The molecule has 2 rings (SSSR count). The molecule has 0 aliphatic heterocycles. The average Bonchev–Trinajstić information content (AvgIpc) is 2.05. The molecule has 0 saturated heterocycles. The van der Waals surface area contributed by atoms with E-state index in [9.17, 15) is 0 Å². The summed E-state index contributed by atoms with van der Waals surface area (Å²) in [6, 6.07) is 7.91. The zero-order chi connectivity index (χ0) is 6.81. The highest BCUT2D eigenvalue weighted by atomic mass is 35.5. The summed E-state index contributed by atoms with van der Waals surface area (Å²) in [6.45, 7) is 0. The van der Waals surface area contributed by atoms with E-state index in [0.29, 0.717) is 0 Å². The quantitative estimate of drug-likeness (QED) is 0.679. The number of fused-ring (bicyclic) bond motifs is 1. The topological polar surface area (TPSA) is 57.3 Å². The summed E-state index contributed by atoms with van der Waals surface area (Å²) >= 11 is 0. The zero-order valence-corrected chi connectivity index (χ0v) is 8.31. The summed E-state index contributed by atoms with van der Waals surface area (Å²) in [4.78, 5) is 7.97. The Morgan fingerprint density at radius 2 is 1.69 bits per heavy atom. The molecule has 0 amide bonds. The average molecular weight is 221 g/mol. The van der Waals surface area contributed by atoms with Crippen LogP contribution in [0, 0.1) is 0 Å². The molecule has 13 heavy (non-hydrogen) atoms. The maximum atomic E-state index is 4.07. The van der Waals surface area contributed by atoms with Gasteiger partial charge in [-0.05, 0) is 6.07 Å². The molecule has 0 spiro atoms. The van der Waals surface area contributed by atoms with Crippen molar-refractivity contribution in [1.29, 1.82) is 0 Å². The molecule has 0 atom stereocenters. The van der Waals surface area contributed by atoms with Gasteiger partial charge >= 0.3 is 0 Å². The van der Waals surface area contributed by atoms with Crippen molar-refractivity contribution in [1.82, 2.24) is 9.97 Å². The number of benzene rings is 1. The van der Waals surface area contributed by atoms with E-state index in [1.807, 2.05) is 30.5 Å². The summed E-state index contributed by atoms with van der Waals surface area (Å²) in [6.07, 6.45) is 3.37. The van der Waals surface area contributed by atoms with Gasteiger partial charge in [0.2, 0.25) is 0 Å². The van der Waals surface area contributed by atoms with E-state index in [1.54, 1.807) is 6.33 Å². The number of halogens is 2. The number of hydrogen-bond donors (Lipinski definition) is 0. The van der Waals surface area contributed by atoms with Crippen molar-refractivity contribution in [2.45, 2.75) is 0 Å². The number of nitrogens with zero attached hydrogens (tertiary/aromatic N) is 2. The van der Waals surface area contributed by atoms with Crippen LogP contribution in [-0.2, 0) is 0 Å². The highest BCUT2D eigenvalue weighted by Crippen LogP contribution is 2.06. The minimum Gasteiger partial charge on any atom is -0.412 e. The van der Waals surface area contributed by atoms with Gasteiger partial charge in [-0.3, -0.25) is 0 Å². The van der Waals surface area contributed by atoms with Crippen molar-refractivity contribution in [3.63, 3.8) is 0 Å². The Morgan fingerprint density at radius 1 is 1.00 bits per heavy atom. The van der Waals surface area contributed by atoms with E-state index in [2.05, 4.69) is 9.97 Å². The Labute approximate surface area is 88.3 Å². The van der Waals surface area contributed by atoms with Crippen LogP contribution >= 0.6 is 24.8 Å². The van der Waals surface area contributed by atoms with Gasteiger partial charge in [0.1, 0.15) is 6.33 Å². The van der Waals surface area contributed by atoms with Gasteiger partial charge < -0.3 is 5.48 Å². The monoisotopic (exact) mass is 220 g/mol. The van der Waals surface area contributed by atoms with Gasteiger partial charge in [-0.25, -0.2) is 9.97 Å². The van der Waals surface area contributed by atoms with Crippen molar-refractivity contribution in [2.24, 2.45) is 0 Å². The molecule has 0 saturated carbocycles. The fourth-order valence-electron chi connectivity index (χ4n) is 0.923. The van der Waals surface area contributed by atoms with Crippen LogP contribution in [-0.4, -0.2) is 15.4 Å². The fourth-order valence-corrected chi connectivity index (χ4v) is 0.923.